The van der Waals surface area contributed by atoms with Crippen LogP contribution in [-0.4, -0.2) is 29.4 Å². The molecule has 5 rings (SSSR count). The Kier molecular flexibility index (Phi) is 4.77. The number of carbonyl (C=O) groups is 2. The van der Waals surface area contributed by atoms with E-state index in [0.717, 1.165) is 37.0 Å². The van der Waals surface area contributed by atoms with Crippen molar-refractivity contribution in [3.8, 4) is 5.75 Å². The second-order valence-corrected chi connectivity index (χ2v) is 7.92. The molecular weight excluding hydrogens is 380 g/mol. The van der Waals surface area contributed by atoms with Gasteiger partial charge in [0, 0.05) is 6.20 Å². The first-order valence-electron chi connectivity index (χ1n) is 10.6. The average Bonchev–Trinajstić information content (AvgIpc) is 3.08. The lowest BCUT2D eigenvalue weighted by atomic mass is 9.77. The maximum Gasteiger partial charge on any atom is 0.295 e. The van der Waals surface area contributed by atoms with E-state index >= 15 is 0 Å². The van der Waals surface area contributed by atoms with Crippen LogP contribution in [0.2, 0.25) is 0 Å². The zero-order valence-electron chi connectivity index (χ0n) is 16.9. The van der Waals surface area contributed by atoms with E-state index in [9.17, 15) is 9.59 Å². The predicted molar refractivity (Wildman–Crippen MR) is 111 cm³/mol. The second kappa shape index (κ2) is 7.59. The Morgan fingerprint density at radius 2 is 1.90 bits per heavy atom. The van der Waals surface area contributed by atoms with Gasteiger partial charge in [-0.2, -0.15) is 0 Å². The molecule has 0 bridgehead atoms. The average molecular weight is 404 g/mol. The molecule has 1 saturated carbocycles. The number of carbonyl (C=O) groups excluding carboxylic acids is 2. The monoisotopic (exact) mass is 404 g/mol. The number of benzene rings is 1. The maximum atomic E-state index is 13.6. The van der Waals surface area contributed by atoms with E-state index in [0.29, 0.717) is 18.0 Å². The van der Waals surface area contributed by atoms with Crippen LogP contribution < -0.4 is 9.64 Å². The molecule has 30 heavy (non-hydrogen) atoms. The highest BCUT2D eigenvalue weighted by molar-refractivity contribution is 6.17. The minimum atomic E-state index is -0.548. The van der Waals surface area contributed by atoms with Crippen LogP contribution in [0.5, 0.6) is 5.75 Å². The number of ether oxygens (including phenoxy) is 2. The van der Waals surface area contributed by atoms with Crippen molar-refractivity contribution in [2.75, 3.05) is 11.5 Å². The molecule has 3 unspecified atom stereocenters. The number of nitrogens with zero attached hydrogens (tertiary/aromatic N) is 2. The van der Waals surface area contributed by atoms with E-state index in [1.165, 1.54) is 0 Å². The summed E-state index contributed by atoms with van der Waals surface area (Å²) in [5.41, 5.74) is 1.31. The van der Waals surface area contributed by atoms with Crippen molar-refractivity contribution in [1.82, 2.24) is 4.98 Å². The quantitative estimate of drug-likeness (QED) is 0.771. The Balaban J connectivity index is 1.61. The molecule has 6 heteroatoms. The highest BCUT2D eigenvalue weighted by Crippen LogP contribution is 2.47. The smallest absolute Gasteiger partial charge is 0.295 e. The van der Waals surface area contributed by atoms with Gasteiger partial charge < -0.3 is 9.47 Å². The third-order valence-electron chi connectivity index (χ3n) is 6.17. The minimum absolute atomic E-state index is 0.0478. The first-order chi connectivity index (χ1) is 14.7. The second-order valence-electron chi connectivity index (χ2n) is 7.92. The summed E-state index contributed by atoms with van der Waals surface area (Å²) in [4.78, 5) is 33.0. The fraction of sp³-hybridized carbons (Fsp3) is 0.375. The molecular formula is C24H24N2O4. The van der Waals surface area contributed by atoms with Crippen molar-refractivity contribution >= 4 is 17.5 Å². The van der Waals surface area contributed by atoms with Crippen molar-refractivity contribution in [1.29, 1.82) is 0 Å². The number of hydrogen-bond acceptors (Lipinski definition) is 5. The van der Waals surface area contributed by atoms with Crippen molar-refractivity contribution < 1.29 is 19.1 Å². The SMILES string of the molecule is CCOc1ccc(C2C3=C(OC4CCCCC4C3=O)C(=O)N2c2ccccn2)cc1. The van der Waals surface area contributed by atoms with Crippen LogP contribution in [0.1, 0.15) is 44.2 Å². The summed E-state index contributed by atoms with van der Waals surface area (Å²) in [7, 11) is 0. The zero-order chi connectivity index (χ0) is 20.7. The third-order valence-corrected chi connectivity index (χ3v) is 6.17. The zero-order valence-corrected chi connectivity index (χ0v) is 16.9. The van der Waals surface area contributed by atoms with Crippen LogP contribution in [0, 0.1) is 5.92 Å². The van der Waals surface area contributed by atoms with Gasteiger partial charge in [0.05, 0.1) is 24.1 Å². The van der Waals surface area contributed by atoms with E-state index < -0.39 is 6.04 Å². The molecule has 3 aliphatic rings. The Bertz CT molecular complexity index is 1000. The lowest BCUT2D eigenvalue weighted by Crippen LogP contribution is -2.39. The van der Waals surface area contributed by atoms with E-state index in [4.69, 9.17) is 9.47 Å². The van der Waals surface area contributed by atoms with E-state index in [1.54, 1.807) is 23.2 Å². The molecule has 1 aromatic carbocycles. The molecule has 0 spiro atoms. The molecule has 1 amide bonds. The van der Waals surface area contributed by atoms with Crippen LogP contribution in [0.25, 0.3) is 0 Å². The summed E-state index contributed by atoms with van der Waals surface area (Å²) in [5, 5.41) is 0. The lowest BCUT2D eigenvalue weighted by molar-refractivity contribution is -0.131. The highest BCUT2D eigenvalue weighted by atomic mass is 16.5. The predicted octanol–water partition coefficient (Wildman–Crippen LogP) is 3.98. The molecule has 1 fully saturated rings. The first-order valence-corrected chi connectivity index (χ1v) is 10.6. The summed E-state index contributed by atoms with van der Waals surface area (Å²) >= 11 is 0. The molecule has 1 aromatic heterocycles. The topological polar surface area (TPSA) is 68.7 Å². The molecule has 0 radical (unpaired) electrons. The van der Waals surface area contributed by atoms with Crippen molar-refractivity contribution in [3.63, 3.8) is 0 Å². The maximum absolute atomic E-state index is 13.6. The standard InChI is InChI=1S/C24H24N2O4/c1-2-29-16-12-10-15(11-13-16)21-20-22(27)17-7-3-4-8-18(17)30-23(20)24(28)26(21)19-9-5-6-14-25-19/h5-6,9-14,17-18,21H,2-4,7-8H2,1H3. The number of amides is 1. The van der Waals surface area contributed by atoms with Gasteiger partial charge in [0.25, 0.3) is 5.91 Å². The largest absolute Gasteiger partial charge is 0.494 e. The number of ketones is 1. The fourth-order valence-electron chi connectivity index (χ4n) is 4.81. The van der Waals surface area contributed by atoms with Gasteiger partial charge in [-0.05, 0) is 56.0 Å². The molecule has 0 N–H and O–H groups in total. The van der Waals surface area contributed by atoms with Gasteiger partial charge in [-0.1, -0.05) is 24.6 Å². The molecule has 154 valence electrons. The Morgan fingerprint density at radius 1 is 1.10 bits per heavy atom. The van der Waals surface area contributed by atoms with Gasteiger partial charge >= 0.3 is 0 Å². The van der Waals surface area contributed by atoms with Gasteiger partial charge in [0.1, 0.15) is 17.7 Å². The molecule has 2 aliphatic heterocycles. The summed E-state index contributed by atoms with van der Waals surface area (Å²) in [6.07, 6.45) is 5.13. The fourth-order valence-corrected chi connectivity index (χ4v) is 4.81. The van der Waals surface area contributed by atoms with Gasteiger partial charge in [-0.25, -0.2) is 4.98 Å². The highest BCUT2D eigenvalue weighted by Gasteiger charge is 2.52. The normalized spacial score (nSPS) is 25.6. The van der Waals surface area contributed by atoms with Crippen LogP contribution in [-0.2, 0) is 14.3 Å². The van der Waals surface area contributed by atoms with Crippen LogP contribution >= 0.6 is 0 Å². The van der Waals surface area contributed by atoms with Crippen molar-refractivity contribution in [2.45, 2.75) is 44.8 Å². The Hall–Kier alpha value is -3.15. The summed E-state index contributed by atoms with van der Waals surface area (Å²) in [5.74, 6) is 1.05. The molecule has 0 saturated heterocycles. The third kappa shape index (κ3) is 2.98. The molecule has 2 aromatic rings. The summed E-state index contributed by atoms with van der Waals surface area (Å²) in [6, 6.07) is 12.4. The van der Waals surface area contributed by atoms with Crippen LogP contribution in [0.3, 0.4) is 0 Å². The molecule has 3 heterocycles. The van der Waals surface area contributed by atoms with E-state index in [1.807, 2.05) is 37.3 Å². The van der Waals surface area contributed by atoms with Crippen molar-refractivity contribution in [2.24, 2.45) is 5.92 Å². The van der Waals surface area contributed by atoms with E-state index in [-0.39, 0.29) is 29.5 Å². The number of anilines is 1. The number of aromatic nitrogens is 1. The molecule has 3 atom stereocenters. The minimum Gasteiger partial charge on any atom is -0.494 e. The van der Waals surface area contributed by atoms with Gasteiger partial charge in [0.15, 0.2) is 11.5 Å². The Morgan fingerprint density at radius 3 is 2.63 bits per heavy atom. The number of hydrogen-bond donors (Lipinski definition) is 0. The number of fused-ring (bicyclic) bond motifs is 1. The van der Waals surface area contributed by atoms with Crippen LogP contribution in [0.4, 0.5) is 5.82 Å². The van der Waals surface area contributed by atoms with Crippen molar-refractivity contribution in [3.05, 3.63) is 65.6 Å². The first kappa shape index (κ1) is 18.9. The number of pyridine rings is 1. The van der Waals surface area contributed by atoms with Crippen LogP contribution in [0.15, 0.2) is 60.0 Å². The van der Waals surface area contributed by atoms with Gasteiger partial charge in [-0.15, -0.1) is 0 Å². The number of Topliss-reactive ketones (excluding diaryl/α,β-unsaturated/α-hetero) is 1. The summed E-state index contributed by atoms with van der Waals surface area (Å²) < 4.78 is 11.7. The summed E-state index contributed by atoms with van der Waals surface area (Å²) in [6.45, 7) is 2.51. The van der Waals surface area contributed by atoms with E-state index in [2.05, 4.69) is 4.98 Å². The van der Waals surface area contributed by atoms with Gasteiger partial charge in [0.2, 0.25) is 0 Å². The lowest BCUT2D eigenvalue weighted by Gasteiger charge is -2.35. The molecule has 6 nitrogen and oxygen atoms in total. The number of rotatable bonds is 4. The van der Waals surface area contributed by atoms with Gasteiger partial charge in [-0.3, -0.25) is 14.5 Å². The Labute approximate surface area is 175 Å². The molecule has 1 aliphatic carbocycles.